The first-order chi connectivity index (χ1) is 9.08. The summed E-state index contributed by atoms with van der Waals surface area (Å²) in [5.74, 6) is 0.501. The number of unbranched alkanes of at least 4 members (excludes halogenated alkanes) is 1. The number of amides is 1. The SMILES string of the molecule is CCCCN(C)C(=O)C1CCN(CC(O)CC)CC1. The number of piperidine rings is 1. The molecule has 0 spiro atoms. The fraction of sp³-hybridized carbons (Fsp3) is 0.933. The third-order valence-electron chi connectivity index (χ3n) is 4.10. The van der Waals surface area contributed by atoms with Crippen LogP contribution in [0.5, 0.6) is 0 Å². The standard InChI is InChI=1S/C15H30N2O2/c1-4-6-9-16(3)15(19)13-7-10-17(11-8-13)12-14(18)5-2/h13-14,18H,4-12H2,1-3H3. The molecule has 1 saturated heterocycles. The summed E-state index contributed by atoms with van der Waals surface area (Å²) < 4.78 is 0. The molecule has 1 amide bonds. The number of rotatable bonds is 7. The highest BCUT2D eigenvalue weighted by Crippen LogP contribution is 2.19. The predicted octanol–water partition coefficient (Wildman–Crippen LogP) is 1.73. The van der Waals surface area contributed by atoms with Crippen molar-refractivity contribution in [3.8, 4) is 0 Å². The Kier molecular flexibility index (Phi) is 7.39. The molecule has 112 valence electrons. The maximum absolute atomic E-state index is 12.2. The Bertz CT molecular complexity index is 263. The summed E-state index contributed by atoms with van der Waals surface area (Å²) in [6.45, 7) is 7.66. The molecule has 0 radical (unpaired) electrons. The van der Waals surface area contributed by atoms with Crippen molar-refractivity contribution in [3.05, 3.63) is 0 Å². The van der Waals surface area contributed by atoms with E-state index in [4.69, 9.17) is 0 Å². The summed E-state index contributed by atoms with van der Waals surface area (Å²) in [7, 11) is 1.92. The molecule has 19 heavy (non-hydrogen) atoms. The number of hydrogen-bond acceptors (Lipinski definition) is 3. The monoisotopic (exact) mass is 270 g/mol. The summed E-state index contributed by atoms with van der Waals surface area (Å²) in [6, 6.07) is 0. The summed E-state index contributed by atoms with van der Waals surface area (Å²) in [6.07, 6.45) is 4.67. The van der Waals surface area contributed by atoms with Gasteiger partial charge >= 0.3 is 0 Å². The van der Waals surface area contributed by atoms with Crippen LogP contribution in [0, 0.1) is 5.92 Å². The normalized spacial score (nSPS) is 19.4. The maximum atomic E-state index is 12.2. The van der Waals surface area contributed by atoms with Crippen molar-refractivity contribution in [2.45, 2.75) is 52.1 Å². The van der Waals surface area contributed by atoms with Crippen LogP contribution in [0.15, 0.2) is 0 Å². The third kappa shape index (κ3) is 5.49. The Morgan fingerprint density at radius 2 is 2.00 bits per heavy atom. The van der Waals surface area contributed by atoms with Gasteiger partial charge in [-0.15, -0.1) is 0 Å². The van der Waals surface area contributed by atoms with Gasteiger partial charge in [-0.3, -0.25) is 4.79 Å². The molecule has 1 heterocycles. The molecule has 0 bridgehead atoms. The number of likely N-dealkylation sites (tertiary alicyclic amines) is 1. The average Bonchev–Trinajstić information content (AvgIpc) is 2.44. The molecule has 0 aromatic heterocycles. The minimum atomic E-state index is -0.223. The van der Waals surface area contributed by atoms with Crippen molar-refractivity contribution in [1.29, 1.82) is 0 Å². The van der Waals surface area contributed by atoms with Crippen LogP contribution in [0.3, 0.4) is 0 Å². The third-order valence-corrected chi connectivity index (χ3v) is 4.10. The second kappa shape index (κ2) is 8.54. The molecule has 1 fully saturated rings. The Morgan fingerprint density at radius 3 is 2.53 bits per heavy atom. The lowest BCUT2D eigenvalue weighted by molar-refractivity contribution is -0.135. The number of hydrogen-bond donors (Lipinski definition) is 1. The smallest absolute Gasteiger partial charge is 0.225 e. The molecule has 1 aliphatic heterocycles. The predicted molar refractivity (Wildman–Crippen MR) is 78.0 cm³/mol. The van der Waals surface area contributed by atoms with Gasteiger partial charge in [0.2, 0.25) is 5.91 Å². The summed E-state index contributed by atoms with van der Waals surface area (Å²) in [5, 5.41) is 9.65. The Balaban J connectivity index is 2.30. The van der Waals surface area contributed by atoms with Crippen molar-refractivity contribution < 1.29 is 9.90 Å². The zero-order valence-corrected chi connectivity index (χ0v) is 12.8. The molecule has 1 atom stereocenters. The largest absolute Gasteiger partial charge is 0.392 e. The second-order valence-corrected chi connectivity index (χ2v) is 5.75. The molecule has 1 aliphatic rings. The van der Waals surface area contributed by atoms with Gasteiger partial charge in [-0.05, 0) is 38.8 Å². The highest BCUT2D eigenvalue weighted by molar-refractivity contribution is 5.78. The maximum Gasteiger partial charge on any atom is 0.225 e. The molecule has 0 aromatic carbocycles. The number of β-amino-alcohol motifs (C(OH)–C–C–N with tert-alkyl or cyclic N) is 1. The number of nitrogens with zero attached hydrogens (tertiary/aromatic N) is 2. The van der Waals surface area contributed by atoms with Crippen LogP contribution < -0.4 is 0 Å². The van der Waals surface area contributed by atoms with Crippen LogP contribution in [-0.2, 0) is 4.79 Å². The topological polar surface area (TPSA) is 43.8 Å². The zero-order chi connectivity index (χ0) is 14.3. The van der Waals surface area contributed by atoms with E-state index in [0.717, 1.165) is 58.3 Å². The molecule has 1 unspecified atom stereocenters. The molecule has 4 nitrogen and oxygen atoms in total. The van der Waals surface area contributed by atoms with Crippen molar-refractivity contribution in [3.63, 3.8) is 0 Å². The Hall–Kier alpha value is -0.610. The van der Waals surface area contributed by atoms with E-state index in [9.17, 15) is 9.90 Å². The molecule has 0 aromatic rings. The summed E-state index contributed by atoms with van der Waals surface area (Å²) in [4.78, 5) is 16.4. The van der Waals surface area contributed by atoms with Gasteiger partial charge in [0.1, 0.15) is 0 Å². The minimum Gasteiger partial charge on any atom is -0.392 e. The highest BCUT2D eigenvalue weighted by Gasteiger charge is 2.27. The van der Waals surface area contributed by atoms with E-state index in [1.54, 1.807) is 0 Å². The Morgan fingerprint density at radius 1 is 1.37 bits per heavy atom. The first-order valence-corrected chi connectivity index (χ1v) is 7.73. The van der Waals surface area contributed by atoms with Gasteiger partial charge in [0.25, 0.3) is 0 Å². The molecule has 0 aliphatic carbocycles. The van der Waals surface area contributed by atoms with Crippen molar-refractivity contribution in [2.75, 3.05) is 33.2 Å². The van der Waals surface area contributed by atoms with Crippen LogP contribution in [0.25, 0.3) is 0 Å². The van der Waals surface area contributed by atoms with E-state index in [-0.39, 0.29) is 12.0 Å². The first-order valence-electron chi connectivity index (χ1n) is 7.73. The number of aliphatic hydroxyl groups is 1. The van der Waals surface area contributed by atoms with E-state index in [0.29, 0.717) is 5.91 Å². The van der Waals surface area contributed by atoms with E-state index >= 15 is 0 Å². The van der Waals surface area contributed by atoms with Crippen LogP contribution in [0.4, 0.5) is 0 Å². The number of carbonyl (C=O) groups is 1. The lowest BCUT2D eigenvalue weighted by Gasteiger charge is -2.34. The van der Waals surface area contributed by atoms with E-state index < -0.39 is 0 Å². The van der Waals surface area contributed by atoms with E-state index in [1.165, 1.54) is 0 Å². The molecule has 1 N–H and O–H groups in total. The van der Waals surface area contributed by atoms with Crippen molar-refractivity contribution in [2.24, 2.45) is 5.92 Å². The van der Waals surface area contributed by atoms with Crippen LogP contribution >= 0.6 is 0 Å². The van der Waals surface area contributed by atoms with Gasteiger partial charge < -0.3 is 14.9 Å². The lowest BCUT2D eigenvalue weighted by atomic mass is 9.95. The molecular formula is C15H30N2O2. The fourth-order valence-corrected chi connectivity index (χ4v) is 2.61. The van der Waals surface area contributed by atoms with Gasteiger partial charge in [-0.25, -0.2) is 0 Å². The number of aliphatic hydroxyl groups excluding tert-OH is 1. The van der Waals surface area contributed by atoms with Crippen LogP contribution in [0.2, 0.25) is 0 Å². The Labute approximate surface area is 117 Å². The van der Waals surface area contributed by atoms with Gasteiger partial charge in [0.15, 0.2) is 0 Å². The van der Waals surface area contributed by atoms with Gasteiger partial charge in [0, 0.05) is 26.1 Å². The lowest BCUT2D eigenvalue weighted by Crippen LogP contribution is -2.43. The van der Waals surface area contributed by atoms with Crippen LogP contribution in [-0.4, -0.2) is 60.1 Å². The fourth-order valence-electron chi connectivity index (χ4n) is 2.61. The van der Waals surface area contributed by atoms with Gasteiger partial charge in [-0.1, -0.05) is 20.3 Å². The first kappa shape index (κ1) is 16.4. The molecule has 1 rings (SSSR count). The highest BCUT2D eigenvalue weighted by atomic mass is 16.3. The van der Waals surface area contributed by atoms with Crippen LogP contribution in [0.1, 0.15) is 46.0 Å². The van der Waals surface area contributed by atoms with Gasteiger partial charge in [0.05, 0.1) is 6.10 Å². The summed E-state index contributed by atoms with van der Waals surface area (Å²) >= 11 is 0. The molecular weight excluding hydrogens is 240 g/mol. The zero-order valence-electron chi connectivity index (χ0n) is 12.8. The summed E-state index contributed by atoms with van der Waals surface area (Å²) in [5.41, 5.74) is 0. The number of carbonyl (C=O) groups excluding carboxylic acids is 1. The molecule has 4 heteroatoms. The van der Waals surface area contributed by atoms with Crippen molar-refractivity contribution in [1.82, 2.24) is 9.80 Å². The molecule has 0 saturated carbocycles. The average molecular weight is 270 g/mol. The van der Waals surface area contributed by atoms with E-state index in [1.807, 2.05) is 18.9 Å². The second-order valence-electron chi connectivity index (χ2n) is 5.75. The minimum absolute atomic E-state index is 0.192. The van der Waals surface area contributed by atoms with Gasteiger partial charge in [-0.2, -0.15) is 0 Å². The quantitative estimate of drug-likeness (QED) is 0.766. The van der Waals surface area contributed by atoms with E-state index in [2.05, 4.69) is 11.8 Å². The van der Waals surface area contributed by atoms with Crippen molar-refractivity contribution >= 4 is 5.91 Å².